The highest BCUT2D eigenvalue weighted by Crippen LogP contribution is 2.22. The fourth-order valence-electron chi connectivity index (χ4n) is 2.44. The Bertz CT molecular complexity index is 619. The Kier molecular flexibility index (Phi) is 5.54. The molecule has 1 aliphatic rings. The molecule has 0 fully saturated rings. The van der Waals surface area contributed by atoms with Crippen LogP contribution in [-0.4, -0.2) is 53.0 Å². The van der Waals surface area contributed by atoms with Crippen molar-refractivity contribution < 1.29 is 19.1 Å². The molecule has 1 N–H and O–H groups in total. The van der Waals surface area contributed by atoms with Crippen molar-refractivity contribution in [2.75, 3.05) is 18.6 Å². The van der Waals surface area contributed by atoms with Crippen molar-refractivity contribution in [3.63, 3.8) is 0 Å². The van der Waals surface area contributed by atoms with E-state index in [1.54, 1.807) is 45.0 Å². The summed E-state index contributed by atoms with van der Waals surface area (Å²) in [5, 5.41) is 2.74. The first-order valence-electron chi connectivity index (χ1n) is 7.66. The molecule has 0 bridgehead atoms. The van der Waals surface area contributed by atoms with E-state index in [0.29, 0.717) is 16.9 Å². The minimum atomic E-state index is -0.608. The van der Waals surface area contributed by atoms with Gasteiger partial charge < -0.3 is 10.1 Å². The van der Waals surface area contributed by atoms with Gasteiger partial charge in [0.1, 0.15) is 5.60 Å². The summed E-state index contributed by atoms with van der Waals surface area (Å²) in [6.07, 6.45) is 1.34. The van der Waals surface area contributed by atoms with Crippen LogP contribution in [0.5, 0.6) is 0 Å². The molecule has 0 saturated carbocycles. The second kappa shape index (κ2) is 7.25. The molecule has 0 unspecified atom stereocenters. The molecule has 1 aliphatic heterocycles. The number of thioether (sulfide) groups is 1. The molecule has 1 heterocycles. The van der Waals surface area contributed by atoms with Crippen molar-refractivity contribution in [3.05, 3.63) is 35.4 Å². The number of alkyl carbamates (subject to hydrolysis) is 1. The molecule has 1 aromatic carbocycles. The monoisotopic (exact) mass is 350 g/mol. The lowest BCUT2D eigenvalue weighted by atomic mass is 10.1. The topological polar surface area (TPSA) is 75.7 Å². The van der Waals surface area contributed by atoms with Gasteiger partial charge in [0.05, 0.1) is 23.7 Å². The summed E-state index contributed by atoms with van der Waals surface area (Å²) in [5.74, 6) is -0.0903. The van der Waals surface area contributed by atoms with Gasteiger partial charge in [0.25, 0.3) is 11.8 Å². The Balaban J connectivity index is 2.07. The summed E-state index contributed by atoms with van der Waals surface area (Å²) in [6.45, 7) is 5.45. The molecule has 0 aliphatic carbocycles. The molecule has 130 valence electrons. The molecule has 0 saturated heterocycles. The zero-order chi connectivity index (χ0) is 17.9. The van der Waals surface area contributed by atoms with E-state index >= 15 is 0 Å². The van der Waals surface area contributed by atoms with Crippen LogP contribution in [-0.2, 0) is 4.74 Å². The van der Waals surface area contributed by atoms with Gasteiger partial charge in [0.15, 0.2) is 0 Å². The van der Waals surface area contributed by atoms with Crippen molar-refractivity contribution >= 4 is 29.7 Å². The number of imide groups is 1. The smallest absolute Gasteiger partial charge is 0.407 e. The molecular formula is C17H22N2O4S. The maximum atomic E-state index is 12.4. The summed E-state index contributed by atoms with van der Waals surface area (Å²) >= 11 is 1.52. The summed E-state index contributed by atoms with van der Waals surface area (Å²) in [6, 6.07) is 6.36. The van der Waals surface area contributed by atoms with Gasteiger partial charge in [-0.2, -0.15) is 11.8 Å². The third-order valence-corrected chi connectivity index (χ3v) is 4.11. The van der Waals surface area contributed by atoms with Crippen molar-refractivity contribution in [3.8, 4) is 0 Å². The number of fused-ring (bicyclic) bond motifs is 1. The Hall–Kier alpha value is -2.02. The molecule has 1 aromatic rings. The van der Waals surface area contributed by atoms with E-state index in [0.717, 1.165) is 0 Å². The SMILES string of the molecule is CSC[C@H](CN1C(=O)c2ccccc2C1=O)NC(=O)OC(C)(C)C. The highest BCUT2D eigenvalue weighted by molar-refractivity contribution is 7.98. The largest absolute Gasteiger partial charge is 0.444 e. The van der Waals surface area contributed by atoms with Crippen LogP contribution in [0, 0.1) is 0 Å². The first kappa shape index (κ1) is 18.3. The quantitative estimate of drug-likeness (QED) is 0.826. The van der Waals surface area contributed by atoms with E-state index < -0.39 is 11.7 Å². The van der Waals surface area contributed by atoms with Crippen LogP contribution in [0.25, 0.3) is 0 Å². The number of benzene rings is 1. The average Bonchev–Trinajstić information content (AvgIpc) is 2.71. The molecule has 24 heavy (non-hydrogen) atoms. The van der Waals surface area contributed by atoms with Crippen LogP contribution in [0.3, 0.4) is 0 Å². The number of nitrogens with one attached hydrogen (secondary N) is 1. The van der Waals surface area contributed by atoms with Crippen LogP contribution >= 0.6 is 11.8 Å². The number of ether oxygens (including phenoxy) is 1. The maximum Gasteiger partial charge on any atom is 0.407 e. The molecular weight excluding hydrogens is 328 g/mol. The van der Waals surface area contributed by atoms with Crippen LogP contribution in [0.1, 0.15) is 41.5 Å². The fourth-order valence-corrected chi connectivity index (χ4v) is 3.03. The van der Waals surface area contributed by atoms with E-state index in [1.807, 2.05) is 6.26 Å². The van der Waals surface area contributed by atoms with Gasteiger partial charge in [-0.1, -0.05) is 12.1 Å². The number of rotatable bonds is 5. The first-order chi connectivity index (χ1) is 11.2. The summed E-state index contributed by atoms with van der Waals surface area (Å²) in [7, 11) is 0. The van der Waals surface area contributed by atoms with E-state index in [9.17, 15) is 14.4 Å². The molecule has 0 aromatic heterocycles. The standard InChI is InChI=1S/C17H22N2O4S/c1-17(2,3)23-16(22)18-11(10-24-4)9-19-14(20)12-7-5-6-8-13(12)15(19)21/h5-8,11H,9-10H2,1-4H3,(H,18,22)/t11-/m0/s1. The minimum absolute atomic E-state index is 0.117. The number of nitrogens with zero attached hydrogens (tertiary/aromatic N) is 1. The molecule has 2 rings (SSSR count). The lowest BCUT2D eigenvalue weighted by molar-refractivity contribution is 0.0476. The van der Waals surface area contributed by atoms with Crippen LogP contribution in [0.2, 0.25) is 0 Å². The summed E-state index contributed by atoms with van der Waals surface area (Å²) in [5.41, 5.74) is 0.203. The maximum absolute atomic E-state index is 12.4. The first-order valence-corrected chi connectivity index (χ1v) is 9.06. The van der Waals surface area contributed by atoms with Crippen molar-refractivity contribution in [2.24, 2.45) is 0 Å². The van der Waals surface area contributed by atoms with Crippen LogP contribution in [0.4, 0.5) is 4.79 Å². The van der Waals surface area contributed by atoms with E-state index in [-0.39, 0.29) is 24.4 Å². The van der Waals surface area contributed by atoms with Crippen molar-refractivity contribution in [1.82, 2.24) is 10.2 Å². The van der Waals surface area contributed by atoms with E-state index in [4.69, 9.17) is 4.74 Å². The molecule has 0 spiro atoms. The number of hydrogen-bond acceptors (Lipinski definition) is 5. The van der Waals surface area contributed by atoms with Crippen molar-refractivity contribution in [1.29, 1.82) is 0 Å². The predicted molar refractivity (Wildman–Crippen MR) is 93.3 cm³/mol. The Morgan fingerprint density at radius 1 is 1.21 bits per heavy atom. The Labute approximate surface area is 145 Å². The van der Waals surface area contributed by atoms with Gasteiger partial charge in [-0.15, -0.1) is 0 Å². The fraction of sp³-hybridized carbons (Fsp3) is 0.471. The van der Waals surface area contributed by atoms with Gasteiger partial charge in [0.2, 0.25) is 0 Å². The zero-order valence-electron chi connectivity index (χ0n) is 14.3. The highest BCUT2D eigenvalue weighted by Gasteiger charge is 2.36. The Morgan fingerprint density at radius 2 is 1.75 bits per heavy atom. The normalized spacial score (nSPS) is 15.2. The molecule has 7 heteroatoms. The number of carbonyl (C=O) groups is 3. The third-order valence-electron chi connectivity index (χ3n) is 3.37. The molecule has 6 nitrogen and oxygen atoms in total. The number of carbonyl (C=O) groups excluding carboxylic acids is 3. The van der Waals surface area contributed by atoms with Gasteiger partial charge in [-0.25, -0.2) is 4.79 Å². The number of amides is 3. The third kappa shape index (κ3) is 4.29. The minimum Gasteiger partial charge on any atom is -0.444 e. The van der Waals surface area contributed by atoms with Crippen molar-refractivity contribution in [2.45, 2.75) is 32.4 Å². The molecule has 3 amide bonds. The number of hydrogen-bond donors (Lipinski definition) is 1. The van der Waals surface area contributed by atoms with Crippen LogP contribution in [0.15, 0.2) is 24.3 Å². The second-order valence-corrected chi connectivity index (χ2v) is 7.48. The van der Waals surface area contributed by atoms with Gasteiger partial charge in [-0.05, 0) is 39.2 Å². The lowest BCUT2D eigenvalue weighted by Gasteiger charge is -2.25. The zero-order valence-corrected chi connectivity index (χ0v) is 15.1. The summed E-state index contributed by atoms with van der Waals surface area (Å²) < 4.78 is 5.25. The molecule has 1 atom stereocenters. The lowest BCUT2D eigenvalue weighted by Crippen LogP contribution is -2.48. The van der Waals surface area contributed by atoms with E-state index in [2.05, 4.69) is 5.32 Å². The average molecular weight is 350 g/mol. The van der Waals surface area contributed by atoms with Crippen LogP contribution < -0.4 is 5.32 Å². The van der Waals surface area contributed by atoms with Gasteiger partial charge in [0, 0.05) is 5.75 Å². The Morgan fingerprint density at radius 3 is 2.21 bits per heavy atom. The second-order valence-electron chi connectivity index (χ2n) is 6.56. The predicted octanol–water partition coefficient (Wildman–Crippen LogP) is 2.54. The van der Waals surface area contributed by atoms with E-state index in [1.165, 1.54) is 16.7 Å². The molecule has 0 radical (unpaired) electrons. The van der Waals surface area contributed by atoms with Gasteiger partial charge >= 0.3 is 6.09 Å². The van der Waals surface area contributed by atoms with Gasteiger partial charge in [-0.3, -0.25) is 14.5 Å². The summed E-state index contributed by atoms with van der Waals surface area (Å²) in [4.78, 5) is 38.0. The highest BCUT2D eigenvalue weighted by atomic mass is 32.2.